The summed E-state index contributed by atoms with van der Waals surface area (Å²) >= 11 is 7.60. The summed E-state index contributed by atoms with van der Waals surface area (Å²) in [5.74, 6) is 1.16. The van der Waals surface area contributed by atoms with Crippen molar-refractivity contribution < 1.29 is 0 Å². The van der Waals surface area contributed by atoms with E-state index < -0.39 is 0 Å². The van der Waals surface area contributed by atoms with Crippen LogP contribution in [-0.4, -0.2) is 0 Å². The van der Waals surface area contributed by atoms with Crippen molar-refractivity contribution in [2.24, 2.45) is 0 Å². The molecule has 0 aromatic heterocycles. The molecule has 1 heterocycles. The van der Waals surface area contributed by atoms with Gasteiger partial charge in [0.25, 0.3) is 0 Å². The third-order valence-corrected chi connectivity index (χ3v) is 2.79. The van der Waals surface area contributed by atoms with Gasteiger partial charge in [-0.3, -0.25) is 0 Å². The molecule has 0 unspecified atom stereocenters. The summed E-state index contributed by atoms with van der Waals surface area (Å²) in [5, 5.41) is 0.848. The monoisotopic (exact) mass is 156 g/mol. The number of thioether (sulfide) groups is 1. The first kappa shape index (κ1) is 5.63. The van der Waals surface area contributed by atoms with Crippen molar-refractivity contribution in [3.8, 4) is 0 Å². The van der Waals surface area contributed by atoms with Crippen LogP contribution in [0.2, 0.25) is 5.02 Å². The van der Waals surface area contributed by atoms with Gasteiger partial charge in [-0.15, -0.1) is 11.8 Å². The van der Waals surface area contributed by atoms with Gasteiger partial charge in [0.15, 0.2) is 0 Å². The van der Waals surface area contributed by atoms with E-state index in [4.69, 9.17) is 11.6 Å². The number of hydrogen-bond acceptors (Lipinski definition) is 1. The molecular formula is C7H5ClS. The van der Waals surface area contributed by atoms with Crippen molar-refractivity contribution in [2.45, 2.75) is 10.6 Å². The highest BCUT2D eigenvalue weighted by Crippen LogP contribution is 2.38. The molecule has 0 aliphatic carbocycles. The zero-order valence-corrected chi connectivity index (χ0v) is 6.30. The smallest absolute Gasteiger partial charge is 0.0417 e. The van der Waals surface area contributed by atoms with E-state index in [1.807, 2.05) is 23.9 Å². The lowest BCUT2D eigenvalue weighted by Gasteiger charge is -2.16. The maximum Gasteiger partial charge on any atom is 0.0417 e. The van der Waals surface area contributed by atoms with Crippen LogP contribution in [0.25, 0.3) is 0 Å². The summed E-state index contributed by atoms with van der Waals surface area (Å²) in [5.41, 5.74) is 1.43. The first-order chi connectivity index (χ1) is 4.36. The predicted molar refractivity (Wildman–Crippen MR) is 41.0 cm³/mol. The van der Waals surface area contributed by atoms with E-state index in [2.05, 4.69) is 6.07 Å². The summed E-state index contributed by atoms with van der Waals surface area (Å²) < 4.78 is 0. The van der Waals surface area contributed by atoms with Gasteiger partial charge >= 0.3 is 0 Å². The Hall–Kier alpha value is -0.140. The number of rotatable bonds is 0. The normalized spacial score (nSPS) is 14.3. The molecule has 9 heavy (non-hydrogen) atoms. The van der Waals surface area contributed by atoms with Crippen LogP contribution in [0.3, 0.4) is 0 Å². The van der Waals surface area contributed by atoms with Gasteiger partial charge in [0.1, 0.15) is 0 Å². The highest BCUT2D eigenvalue weighted by Gasteiger charge is 2.12. The molecule has 0 bridgehead atoms. The maximum absolute atomic E-state index is 5.74. The predicted octanol–water partition coefficient (Wildman–Crippen LogP) is 2.95. The Bertz CT molecular complexity index is 245. The van der Waals surface area contributed by atoms with Crippen LogP contribution >= 0.6 is 23.4 Å². The van der Waals surface area contributed by atoms with E-state index in [1.54, 1.807) is 0 Å². The molecule has 1 aromatic carbocycles. The largest absolute Gasteiger partial charge is 0.121 e. The molecule has 0 atom stereocenters. The molecule has 0 saturated carbocycles. The Kier molecular flexibility index (Phi) is 1.20. The van der Waals surface area contributed by atoms with Crippen LogP contribution in [0.15, 0.2) is 23.1 Å². The Balaban J connectivity index is 2.57. The first-order valence-electron chi connectivity index (χ1n) is 2.77. The highest BCUT2D eigenvalue weighted by atomic mass is 35.5. The Morgan fingerprint density at radius 2 is 2.33 bits per heavy atom. The molecule has 1 aliphatic rings. The fraction of sp³-hybridized carbons (Fsp3) is 0.143. The van der Waals surface area contributed by atoms with Gasteiger partial charge in [0, 0.05) is 15.7 Å². The van der Waals surface area contributed by atoms with Crippen molar-refractivity contribution in [3.05, 3.63) is 28.8 Å². The summed E-state index contributed by atoms with van der Waals surface area (Å²) in [6, 6.07) is 6.05. The van der Waals surface area contributed by atoms with Crippen molar-refractivity contribution in [2.75, 3.05) is 0 Å². The van der Waals surface area contributed by atoms with E-state index in [9.17, 15) is 0 Å². The van der Waals surface area contributed by atoms with Gasteiger partial charge < -0.3 is 0 Å². The average molecular weight is 157 g/mol. The van der Waals surface area contributed by atoms with Crippen LogP contribution < -0.4 is 0 Å². The van der Waals surface area contributed by atoms with E-state index >= 15 is 0 Å². The SMILES string of the molecule is Clc1ccc2c(c1)SC2. The quantitative estimate of drug-likeness (QED) is 0.557. The summed E-state index contributed by atoms with van der Waals surface area (Å²) in [6.07, 6.45) is 0. The van der Waals surface area contributed by atoms with Crippen molar-refractivity contribution in [3.63, 3.8) is 0 Å². The third kappa shape index (κ3) is 0.846. The van der Waals surface area contributed by atoms with Crippen LogP contribution in [-0.2, 0) is 5.75 Å². The van der Waals surface area contributed by atoms with Gasteiger partial charge in [-0.2, -0.15) is 0 Å². The molecule has 46 valence electrons. The average Bonchev–Trinajstić information content (AvgIpc) is 1.78. The summed E-state index contributed by atoms with van der Waals surface area (Å²) in [7, 11) is 0. The van der Waals surface area contributed by atoms with Crippen LogP contribution in [0.4, 0.5) is 0 Å². The lowest BCUT2D eigenvalue weighted by atomic mass is 10.2. The molecule has 0 saturated heterocycles. The van der Waals surface area contributed by atoms with Gasteiger partial charge in [-0.05, 0) is 17.7 Å². The number of fused-ring (bicyclic) bond motifs is 1. The lowest BCUT2D eigenvalue weighted by molar-refractivity contribution is 1.20. The number of halogens is 1. The molecular weight excluding hydrogens is 152 g/mol. The Morgan fingerprint density at radius 1 is 1.44 bits per heavy atom. The molecule has 2 rings (SSSR count). The first-order valence-corrected chi connectivity index (χ1v) is 4.14. The van der Waals surface area contributed by atoms with Crippen LogP contribution in [0, 0.1) is 0 Å². The van der Waals surface area contributed by atoms with Crippen molar-refractivity contribution in [1.29, 1.82) is 0 Å². The molecule has 0 fully saturated rings. The van der Waals surface area contributed by atoms with Crippen molar-refractivity contribution >= 4 is 23.4 Å². The van der Waals surface area contributed by atoms with Crippen LogP contribution in [0.1, 0.15) is 5.56 Å². The highest BCUT2D eigenvalue weighted by molar-refractivity contribution is 7.99. The molecule has 1 aliphatic heterocycles. The molecule has 1 aromatic rings. The molecule has 0 amide bonds. The zero-order valence-electron chi connectivity index (χ0n) is 4.73. The van der Waals surface area contributed by atoms with Gasteiger partial charge in [0.05, 0.1) is 0 Å². The second-order valence-electron chi connectivity index (χ2n) is 2.04. The van der Waals surface area contributed by atoms with E-state index in [0.29, 0.717) is 0 Å². The molecule has 0 radical (unpaired) electrons. The van der Waals surface area contributed by atoms with Gasteiger partial charge in [0.2, 0.25) is 0 Å². The molecule has 0 spiro atoms. The maximum atomic E-state index is 5.74. The summed E-state index contributed by atoms with van der Waals surface area (Å²) in [6.45, 7) is 0. The second-order valence-corrected chi connectivity index (χ2v) is 3.49. The number of hydrogen-bond donors (Lipinski definition) is 0. The van der Waals surface area contributed by atoms with Crippen LogP contribution in [0.5, 0.6) is 0 Å². The fourth-order valence-corrected chi connectivity index (χ4v) is 1.95. The minimum Gasteiger partial charge on any atom is -0.121 e. The van der Waals surface area contributed by atoms with E-state index in [-0.39, 0.29) is 0 Å². The summed E-state index contributed by atoms with van der Waals surface area (Å²) in [4.78, 5) is 1.35. The van der Waals surface area contributed by atoms with E-state index in [1.165, 1.54) is 10.5 Å². The standard InChI is InChI=1S/C7H5ClS/c8-6-2-1-5-4-9-7(5)3-6/h1-3H,4H2. The topological polar surface area (TPSA) is 0 Å². The Morgan fingerprint density at radius 3 is 2.78 bits per heavy atom. The minimum atomic E-state index is 0.848. The molecule has 2 heteroatoms. The minimum absolute atomic E-state index is 0.848. The Labute approximate surface area is 63.2 Å². The second kappa shape index (κ2) is 1.93. The molecule has 0 N–H and O–H groups in total. The van der Waals surface area contributed by atoms with Gasteiger partial charge in [-0.1, -0.05) is 17.7 Å². The fourth-order valence-electron chi connectivity index (χ4n) is 0.857. The van der Waals surface area contributed by atoms with E-state index in [0.717, 1.165) is 10.8 Å². The molecule has 0 nitrogen and oxygen atoms in total. The zero-order chi connectivity index (χ0) is 6.27. The lowest BCUT2D eigenvalue weighted by Crippen LogP contribution is -1.94. The van der Waals surface area contributed by atoms with Gasteiger partial charge in [-0.25, -0.2) is 0 Å². The third-order valence-electron chi connectivity index (χ3n) is 1.41. The number of benzene rings is 1. The van der Waals surface area contributed by atoms with Crippen molar-refractivity contribution in [1.82, 2.24) is 0 Å².